The van der Waals surface area contributed by atoms with Crippen molar-refractivity contribution in [3.63, 3.8) is 0 Å². The number of anilines is 1. The van der Waals surface area contributed by atoms with Gasteiger partial charge in [0.1, 0.15) is 11.5 Å². The molecule has 0 radical (unpaired) electrons. The molecule has 0 atom stereocenters. The van der Waals surface area contributed by atoms with E-state index in [9.17, 15) is 31.1 Å². The van der Waals surface area contributed by atoms with E-state index in [-0.39, 0.29) is 18.0 Å². The fourth-order valence-electron chi connectivity index (χ4n) is 4.01. The largest absolute Gasteiger partial charge is 0.469 e. The SMILES string of the molecule is O=C(Nc1ccc2c(c1)OC(F)(F)C2(F)F)N1CC(c2ccccc2)=C(c2ccc(OC(F)F)cc2)N1. The Hall–Kier alpha value is -4.35. The zero-order chi connectivity index (χ0) is 26.4. The van der Waals surface area contributed by atoms with E-state index in [0.717, 1.165) is 23.8 Å². The molecule has 0 aliphatic carbocycles. The summed E-state index contributed by atoms with van der Waals surface area (Å²) < 4.78 is 88.2. The minimum absolute atomic E-state index is 0.0387. The lowest BCUT2D eigenvalue weighted by Crippen LogP contribution is -2.40. The molecule has 12 heteroatoms. The maximum Gasteiger partial charge on any atom is 0.469 e. The molecule has 3 aromatic carbocycles. The van der Waals surface area contributed by atoms with Crippen molar-refractivity contribution in [2.75, 3.05) is 11.9 Å². The molecule has 2 aliphatic heterocycles. The Balaban J connectivity index is 1.37. The van der Waals surface area contributed by atoms with Crippen LogP contribution in [-0.4, -0.2) is 30.3 Å². The van der Waals surface area contributed by atoms with Gasteiger partial charge in [-0.05, 0) is 42.0 Å². The lowest BCUT2D eigenvalue weighted by atomic mass is 10.0. The molecule has 192 valence electrons. The number of hydrogen-bond acceptors (Lipinski definition) is 4. The summed E-state index contributed by atoms with van der Waals surface area (Å²) in [6.45, 7) is -2.91. The van der Waals surface area contributed by atoms with Gasteiger partial charge in [-0.1, -0.05) is 30.3 Å². The summed E-state index contributed by atoms with van der Waals surface area (Å²) in [6.07, 6.45) is -4.70. The molecule has 5 rings (SSSR count). The molecule has 2 amide bonds. The number of ether oxygens (including phenoxy) is 2. The third-order valence-electron chi connectivity index (χ3n) is 5.78. The van der Waals surface area contributed by atoms with Crippen molar-refractivity contribution >= 4 is 23.0 Å². The highest BCUT2D eigenvalue weighted by atomic mass is 19.3. The topological polar surface area (TPSA) is 62.8 Å². The second kappa shape index (κ2) is 8.95. The Morgan fingerprint density at radius 3 is 2.35 bits per heavy atom. The van der Waals surface area contributed by atoms with Crippen LogP contribution in [0.2, 0.25) is 0 Å². The molecule has 0 saturated carbocycles. The van der Waals surface area contributed by atoms with Crippen LogP contribution < -0.4 is 20.2 Å². The number of carbonyl (C=O) groups excluding carboxylic acids is 1. The van der Waals surface area contributed by atoms with E-state index in [2.05, 4.69) is 20.2 Å². The molecule has 2 N–H and O–H groups in total. The molecule has 2 heterocycles. The van der Waals surface area contributed by atoms with Gasteiger partial charge in [-0.2, -0.15) is 26.3 Å². The molecule has 6 nitrogen and oxygen atoms in total. The highest BCUT2D eigenvalue weighted by Crippen LogP contribution is 2.53. The van der Waals surface area contributed by atoms with Gasteiger partial charge in [-0.25, -0.2) is 9.80 Å². The minimum Gasteiger partial charge on any atom is -0.435 e. The average molecular weight is 521 g/mol. The van der Waals surface area contributed by atoms with Crippen LogP contribution >= 0.6 is 0 Å². The van der Waals surface area contributed by atoms with E-state index < -0.39 is 36.0 Å². The molecular weight excluding hydrogens is 504 g/mol. The van der Waals surface area contributed by atoms with Crippen LogP contribution in [0.1, 0.15) is 16.7 Å². The first-order chi connectivity index (χ1) is 17.5. The van der Waals surface area contributed by atoms with Gasteiger partial charge in [0, 0.05) is 22.9 Å². The predicted octanol–water partition coefficient (Wildman–Crippen LogP) is 6.29. The normalized spacial score (nSPS) is 17.3. The molecule has 0 unspecified atom stereocenters. The molecular formula is C25H17F6N3O3. The number of hydrazine groups is 1. The maximum atomic E-state index is 13.8. The van der Waals surface area contributed by atoms with E-state index in [0.29, 0.717) is 16.8 Å². The molecule has 0 aromatic heterocycles. The average Bonchev–Trinajstić information content (AvgIpc) is 3.37. The first kappa shape index (κ1) is 24.3. The molecule has 37 heavy (non-hydrogen) atoms. The smallest absolute Gasteiger partial charge is 0.435 e. The van der Waals surface area contributed by atoms with Gasteiger partial charge in [0.2, 0.25) is 0 Å². The molecule has 3 aromatic rings. The highest BCUT2D eigenvalue weighted by Gasteiger charge is 2.66. The zero-order valence-electron chi connectivity index (χ0n) is 18.7. The number of fused-ring (bicyclic) bond motifs is 1. The van der Waals surface area contributed by atoms with E-state index >= 15 is 0 Å². The molecule has 2 aliphatic rings. The fourth-order valence-corrected chi connectivity index (χ4v) is 4.01. The number of halogens is 6. The lowest BCUT2D eigenvalue weighted by Gasteiger charge is -2.19. The standard InChI is InChI=1S/C25H17F6N3O3/c26-22(27)36-17-9-6-15(7-10-17)21-18(14-4-2-1-3-5-14)13-34(33-21)23(35)32-16-8-11-19-20(12-16)37-25(30,31)24(19,28)29/h1-12,22,33H,13H2,(H,32,35). The van der Waals surface area contributed by atoms with Gasteiger partial charge in [0.25, 0.3) is 0 Å². The van der Waals surface area contributed by atoms with Crippen LogP contribution in [0.25, 0.3) is 11.3 Å². The van der Waals surface area contributed by atoms with Crippen molar-refractivity contribution in [3.05, 3.63) is 89.5 Å². The first-order valence-corrected chi connectivity index (χ1v) is 10.8. The summed E-state index contributed by atoms with van der Waals surface area (Å²) in [5.74, 6) is -5.28. The number of nitrogens with zero attached hydrogens (tertiary/aromatic N) is 1. The van der Waals surface area contributed by atoms with Gasteiger partial charge in [0.05, 0.1) is 17.8 Å². The quantitative estimate of drug-likeness (QED) is 0.388. The Morgan fingerprint density at radius 1 is 0.973 bits per heavy atom. The first-order valence-electron chi connectivity index (χ1n) is 10.8. The van der Waals surface area contributed by atoms with Crippen LogP contribution in [0.15, 0.2) is 72.8 Å². The van der Waals surface area contributed by atoms with Gasteiger partial charge >= 0.3 is 24.7 Å². The molecule has 0 saturated heterocycles. The van der Waals surface area contributed by atoms with E-state index in [1.54, 1.807) is 24.3 Å². The van der Waals surface area contributed by atoms with Crippen LogP contribution in [0, 0.1) is 0 Å². The number of nitrogens with one attached hydrogen (secondary N) is 2. The van der Waals surface area contributed by atoms with Crippen LogP contribution in [0.3, 0.4) is 0 Å². The number of benzene rings is 3. The van der Waals surface area contributed by atoms with Crippen molar-refractivity contribution in [1.82, 2.24) is 10.4 Å². The third kappa shape index (κ3) is 4.50. The monoisotopic (exact) mass is 521 g/mol. The zero-order valence-corrected chi connectivity index (χ0v) is 18.7. The number of carbonyl (C=O) groups is 1. The molecule has 0 bridgehead atoms. The van der Waals surface area contributed by atoms with Crippen molar-refractivity contribution < 1.29 is 40.6 Å². The number of hydrogen-bond donors (Lipinski definition) is 2. The van der Waals surface area contributed by atoms with Gasteiger partial charge < -0.3 is 14.8 Å². The fraction of sp³-hybridized carbons (Fsp3) is 0.160. The summed E-state index contributed by atoms with van der Waals surface area (Å²) >= 11 is 0. The van der Waals surface area contributed by atoms with Gasteiger partial charge in [-0.15, -0.1) is 0 Å². The van der Waals surface area contributed by atoms with Crippen LogP contribution in [0.4, 0.5) is 36.8 Å². The van der Waals surface area contributed by atoms with Crippen molar-refractivity contribution in [3.8, 4) is 11.5 Å². The summed E-state index contributed by atoms with van der Waals surface area (Å²) in [5, 5.41) is 3.66. The third-order valence-corrected chi connectivity index (χ3v) is 5.78. The van der Waals surface area contributed by atoms with Gasteiger partial charge in [0.15, 0.2) is 0 Å². The summed E-state index contributed by atoms with van der Waals surface area (Å²) in [4.78, 5) is 13.0. The molecule has 0 spiro atoms. The number of rotatable bonds is 5. The highest BCUT2D eigenvalue weighted by molar-refractivity contribution is 5.98. The minimum atomic E-state index is -4.70. The predicted molar refractivity (Wildman–Crippen MR) is 121 cm³/mol. The maximum absolute atomic E-state index is 13.8. The second-order valence-corrected chi connectivity index (χ2v) is 8.15. The van der Waals surface area contributed by atoms with E-state index in [4.69, 9.17) is 0 Å². The van der Waals surface area contributed by atoms with Crippen molar-refractivity contribution in [2.45, 2.75) is 18.6 Å². The molecule has 0 fully saturated rings. The Kier molecular flexibility index (Phi) is 5.89. The number of amides is 2. The van der Waals surface area contributed by atoms with E-state index in [1.165, 1.54) is 17.1 Å². The van der Waals surface area contributed by atoms with E-state index in [1.807, 2.05) is 18.2 Å². The van der Waals surface area contributed by atoms with Crippen molar-refractivity contribution in [2.24, 2.45) is 0 Å². The number of urea groups is 1. The van der Waals surface area contributed by atoms with Gasteiger partial charge in [-0.3, -0.25) is 5.43 Å². The lowest BCUT2D eigenvalue weighted by molar-refractivity contribution is -0.296. The van der Waals surface area contributed by atoms with Crippen molar-refractivity contribution in [1.29, 1.82) is 0 Å². The Bertz CT molecular complexity index is 1360. The summed E-state index contributed by atoms with van der Waals surface area (Å²) in [6, 6.07) is 16.9. The number of alkyl halides is 6. The second-order valence-electron chi connectivity index (χ2n) is 8.15. The Labute approximate surface area is 206 Å². The summed E-state index contributed by atoms with van der Waals surface area (Å²) in [7, 11) is 0. The Morgan fingerprint density at radius 2 is 1.68 bits per heavy atom. The van der Waals surface area contributed by atoms with Crippen LogP contribution in [0.5, 0.6) is 11.5 Å². The van der Waals surface area contributed by atoms with Crippen LogP contribution in [-0.2, 0) is 5.92 Å². The summed E-state index contributed by atoms with van der Waals surface area (Å²) in [5.41, 5.74) is 4.51.